The zero-order valence-corrected chi connectivity index (χ0v) is 17.2. The lowest BCUT2D eigenvalue weighted by atomic mass is 10.1. The molecule has 0 fully saturated rings. The van der Waals surface area contributed by atoms with Gasteiger partial charge in [-0.1, -0.05) is 12.1 Å². The number of methoxy groups -OCH3 is 1. The van der Waals surface area contributed by atoms with Crippen LogP contribution in [0.2, 0.25) is 0 Å². The molecule has 3 amide bonds. The lowest BCUT2D eigenvalue weighted by Crippen LogP contribution is -2.36. The van der Waals surface area contributed by atoms with Crippen LogP contribution < -0.4 is 20.3 Å². The molecule has 0 aliphatic rings. The molecule has 1 heterocycles. The smallest absolute Gasteiger partial charge is 0.322 e. The minimum Gasteiger partial charge on any atom is -0.497 e. The summed E-state index contributed by atoms with van der Waals surface area (Å²) in [6.07, 6.45) is 3.00. The third-order valence-corrected chi connectivity index (χ3v) is 4.43. The second-order valence-corrected chi connectivity index (χ2v) is 6.52. The molecule has 2 rings (SSSR count). The Bertz CT molecular complexity index is 860. The number of hydrogen-bond acceptors (Lipinski definition) is 5. The van der Waals surface area contributed by atoms with Crippen LogP contribution >= 0.6 is 0 Å². The number of rotatable bonds is 9. The lowest BCUT2D eigenvalue weighted by Gasteiger charge is -2.15. The van der Waals surface area contributed by atoms with Crippen LogP contribution in [0.1, 0.15) is 29.4 Å². The highest BCUT2D eigenvalue weighted by Crippen LogP contribution is 2.18. The number of carbonyl (C=O) groups excluding carboxylic acids is 3. The van der Waals surface area contributed by atoms with Gasteiger partial charge in [0.25, 0.3) is 0 Å². The molecular weight excluding hydrogens is 374 g/mol. The summed E-state index contributed by atoms with van der Waals surface area (Å²) in [7, 11) is 4.63. The number of nitrogens with one attached hydrogen (secondary N) is 2. The number of hydrogen-bond donors (Lipinski definition) is 2. The molecule has 0 saturated heterocycles. The molecule has 0 aliphatic carbocycles. The van der Waals surface area contributed by atoms with Crippen molar-refractivity contribution in [3.8, 4) is 5.75 Å². The van der Waals surface area contributed by atoms with Crippen LogP contribution in [0.5, 0.6) is 5.75 Å². The number of nitrogens with zero attached hydrogens (tertiary/aromatic N) is 3. The number of aryl methyl sites for hydroxylation is 1. The summed E-state index contributed by atoms with van der Waals surface area (Å²) in [6, 6.07) is 7.40. The summed E-state index contributed by atoms with van der Waals surface area (Å²) < 4.78 is 6.59. The zero-order valence-electron chi connectivity index (χ0n) is 17.2. The second-order valence-electron chi connectivity index (χ2n) is 6.52. The van der Waals surface area contributed by atoms with Crippen LogP contribution in [0.15, 0.2) is 30.6 Å². The fraction of sp³-hybridized carbons (Fsp3) is 0.400. The molecule has 0 spiro atoms. The van der Waals surface area contributed by atoms with E-state index < -0.39 is 6.03 Å². The van der Waals surface area contributed by atoms with Crippen molar-refractivity contribution in [1.29, 1.82) is 0 Å². The molecule has 0 aliphatic heterocycles. The van der Waals surface area contributed by atoms with E-state index in [4.69, 9.17) is 4.74 Å². The SMILES string of the molecule is CNC(=O)N(C)c1ncn(CC(=O)NCCCc2ccc(OC)cc2)c1C(C)=O. The number of aromatic nitrogens is 2. The first-order valence-electron chi connectivity index (χ1n) is 9.28. The number of urea groups is 1. The van der Waals surface area contributed by atoms with E-state index in [1.54, 1.807) is 7.11 Å². The molecule has 0 atom stereocenters. The van der Waals surface area contributed by atoms with Gasteiger partial charge in [0, 0.05) is 27.6 Å². The molecule has 2 N–H and O–H groups in total. The van der Waals surface area contributed by atoms with Gasteiger partial charge in [-0.2, -0.15) is 0 Å². The summed E-state index contributed by atoms with van der Waals surface area (Å²) in [5, 5.41) is 5.32. The highest BCUT2D eigenvalue weighted by Gasteiger charge is 2.22. The molecule has 0 bridgehead atoms. The molecule has 156 valence electrons. The fourth-order valence-electron chi connectivity index (χ4n) is 2.88. The van der Waals surface area contributed by atoms with Gasteiger partial charge in [-0.05, 0) is 30.5 Å². The first-order valence-corrected chi connectivity index (χ1v) is 9.28. The normalized spacial score (nSPS) is 10.3. The van der Waals surface area contributed by atoms with Gasteiger partial charge < -0.3 is 19.9 Å². The summed E-state index contributed by atoms with van der Waals surface area (Å²) in [5.74, 6) is 0.517. The molecule has 9 nitrogen and oxygen atoms in total. The van der Waals surface area contributed by atoms with Gasteiger partial charge in [-0.25, -0.2) is 9.78 Å². The maximum Gasteiger partial charge on any atom is 0.322 e. The summed E-state index contributed by atoms with van der Waals surface area (Å²) >= 11 is 0. The molecule has 9 heteroatoms. The van der Waals surface area contributed by atoms with Crippen molar-refractivity contribution in [2.45, 2.75) is 26.3 Å². The van der Waals surface area contributed by atoms with Crippen molar-refractivity contribution >= 4 is 23.5 Å². The van der Waals surface area contributed by atoms with Gasteiger partial charge in [-0.3, -0.25) is 14.5 Å². The van der Waals surface area contributed by atoms with E-state index in [-0.39, 0.29) is 29.7 Å². The van der Waals surface area contributed by atoms with Crippen LogP contribution in [0.3, 0.4) is 0 Å². The largest absolute Gasteiger partial charge is 0.497 e. The minimum atomic E-state index is -0.402. The van der Waals surface area contributed by atoms with Crippen LogP contribution in [0, 0.1) is 0 Å². The second kappa shape index (κ2) is 10.3. The first kappa shape index (κ1) is 21.9. The van der Waals surface area contributed by atoms with Gasteiger partial charge in [0.15, 0.2) is 11.6 Å². The molecular formula is C20H27N5O4. The molecule has 1 aromatic carbocycles. The standard InChI is InChI=1S/C20H27N5O4/c1-14(26)18-19(24(3)20(28)21-2)23-13-25(18)12-17(27)22-11-5-6-15-7-9-16(29-4)10-8-15/h7-10,13H,5-6,11-12H2,1-4H3,(H,21,28)(H,22,27). The molecule has 2 aromatic rings. The Kier molecular flexibility index (Phi) is 7.76. The number of imidazole rings is 1. The molecule has 0 radical (unpaired) electrons. The van der Waals surface area contributed by atoms with Crippen LogP contribution in [0.25, 0.3) is 0 Å². The number of anilines is 1. The monoisotopic (exact) mass is 401 g/mol. The van der Waals surface area contributed by atoms with Gasteiger partial charge in [0.1, 0.15) is 18.0 Å². The molecule has 0 saturated carbocycles. The average Bonchev–Trinajstić information content (AvgIpc) is 3.14. The number of Topliss-reactive ketones (excluding diaryl/α,β-unsaturated/α-hetero) is 1. The number of carbonyl (C=O) groups is 3. The lowest BCUT2D eigenvalue weighted by molar-refractivity contribution is -0.121. The van der Waals surface area contributed by atoms with E-state index >= 15 is 0 Å². The maximum atomic E-state index is 12.3. The van der Waals surface area contributed by atoms with Crippen molar-refractivity contribution in [3.63, 3.8) is 0 Å². The van der Waals surface area contributed by atoms with E-state index in [0.717, 1.165) is 24.2 Å². The minimum absolute atomic E-state index is 0.0496. The highest BCUT2D eigenvalue weighted by molar-refractivity contribution is 6.02. The number of ether oxygens (including phenoxy) is 1. The molecule has 29 heavy (non-hydrogen) atoms. The van der Waals surface area contributed by atoms with E-state index in [1.807, 2.05) is 24.3 Å². The third-order valence-electron chi connectivity index (χ3n) is 4.43. The number of benzene rings is 1. The van der Waals surface area contributed by atoms with Crippen LogP contribution in [-0.4, -0.2) is 55.0 Å². The zero-order chi connectivity index (χ0) is 21.4. The van der Waals surface area contributed by atoms with E-state index in [1.165, 1.54) is 36.8 Å². The van der Waals surface area contributed by atoms with Gasteiger partial charge >= 0.3 is 6.03 Å². The van der Waals surface area contributed by atoms with Gasteiger partial charge in [-0.15, -0.1) is 0 Å². The van der Waals surface area contributed by atoms with Crippen molar-refractivity contribution in [2.24, 2.45) is 0 Å². The Morgan fingerprint density at radius 2 is 1.90 bits per heavy atom. The number of amides is 3. The Labute approximate surface area is 170 Å². The molecule has 1 aromatic heterocycles. The topological polar surface area (TPSA) is 106 Å². The fourth-order valence-corrected chi connectivity index (χ4v) is 2.88. The van der Waals surface area contributed by atoms with Crippen molar-refractivity contribution in [2.75, 3.05) is 32.6 Å². The summed E-state index contributed by atoms with van der Waals surface area (Å²) in [4.78, 5) is 41.5. The summed E-state index contributed by atoms with van der Waals surface area (Å²) in [6.45, 7) is 1.84. The predicted octanol–water partition coefficient (Wildman–Crippen LogP) is 1.62. The number of ketones is 1. The van der Waals surface area contributed by atoms with Gasteiger partial charge in [0.2, 0.25) is 5.91 Å². The molecule has 0 unspecified atom stereocenters. The Hall–Kier alpha value is -3.36. The Balaban J connectivity index is 1.90. The Morgan fingerprint density at radius 3 is 2.48 bits per heavy atom. The van der Waals surface area contributed by atoms with Crippen molar-refractivity contribution in [3.05, 3.63) is 41.9 Å². The summed E-state index contributed by atoms with van der Waals surface area (Å²) in [5.41, 5.74) is 1.37. The van der Waals surface area contributed by atoms with E-state index in [2.05, 4.69) is 15.6 Å². The quantitative estimate of drug-likeness (QED) is 0.491. The predicted molar refractivity (Wildman–Crippen MR) is 109 cm³/mol. The maximum absolute atomic E-state index is 12.3. The third kappa shape index (κ3) is 5.81. The average molecular weight is 401 g/mol. The van der Waals surface area contributed by atoms with Crippen molar-refractivity contribution in [1.82, 2.24) is 20.2 Å². The highest BCUT2D eigenvalue weighted by atomic mass is 16.5. The van der Waals surface area contributed by atoms with E-state index in [9.17, 15) is 14.4 Å². The Morgan fingerprint density at radius 1 is 1.21 bits per heavy atom. The van der Waals surface area contributed by atoms with Crippen LogP contribution in [0.4, 0.5) is 10.6 Å². The van der Waals surface area contributed by atoms with E-state index in [0.29, 0.717) is 6.54 Å². The van der Waals surface area contributed by atoms with Gasteiger partial charge in [0.05, 0.1) is 13.4 Å². The van der Waals surface area contributed by atoms with Crippen molar-refractivity contribution < 1.29 is 19.1 Å². The van der Waals surface area contributed by atoms with Crippen LogP contribution in [-0.2, 0) is 17.8 Å². The first-order chi connectivity index (χ1) is 13.9.